The quantitative estimate of drug-likeness (QED) is 0.348. The Labute approximate surface area is 191 Å². The van der Waals surface area contributed by atoms with Gasteiger partial charge in [0.05, 0.1) is 23.9 Å². The standard InChI is InChI=1S/C22H25N7O3S/c1-5-32-20-16(13(3)29-22-19-21(26-10-25-19)27-11-28-22)6-12(2)18(23)17(20)14-7-15(9-24-8-14)33(4,30)31/h6-11,13H,5,23H2,1-4H3,(H2,25,26,27,28,29). The van der Waals surface area contributed by atoms with E-state index in [-0.39, 0.29) is 10.9 Å². The van der Waals surface area contributed by atoms with Crippen molar-refractivity contribution in [3.63, 3.8) is 0 Å². The second-order valence-corrected chi connectivity index (χ2v) is 9.72. The molecule has 4 rings (SSSR count). The molecule has 1 unspecified atom stereocenters. The number of hydrogen-bond donors (Lipinski definition) is 3. The summed E-state index contributed by atoms with van der Waals surface area (Å²) in [5.41, 5.74) is 11.1. The second kappa shape index (κ2) is 8.66. The summed E-state index contributed by atoms with van der Waals surface area (Å²) in [5, 5.41) is 3.38. The molecular weight excluding hydrogens is 442 g/mol. The molecular formula is C22H25N7O3S. The molecule has 11 heteroatoms. The van der Waals surface area contributed by atoms with E-state index in [4.69, 9.17) is 10.5 Å². The normalized spacial score (nSPS) is 12.6. The molecule has 0 fully saturated rings. The summed E-state index contributed by atoms with van der Waals surface area (Å²) in [7, 11) is -3.44. The van der Waals surface area contributed by atoms with Crippen LogP contribution in [0.3, 0.4) is 0 Å². The number of fused-ring (bicyclic) bond motifs is 1. The van der Waals surface area contributed by atoms with Crippen molar-refractivity contribution in [3.8, 4) is 16.9 Å². The zero-order chi connectivity index (χ0) is 23.8. The highest BCUT2D eigenvalue weighted by molar-refractivity contribution is 7.90. The number of nitrogens with zero attached hydrogens (tertiary/aromatic N) is 4. The number of nitrogens with two attached hydrogens (primary N) is 1. The number of hydrogen-bond acceptors (Lipinski definition) is 9. The van der Waals surface area contributed by atoms with E-state index in [9.17, 15) is 8.42 Å². The van der Waals surface area contributed by atoms with Crippen molar-refractivity contribution < 1.29 is 13.2 Å². The molecule has 0 saturated carbocycles. The zero-order valence-corrected chi connectivity index (χ0v) is 19.6. The monoisotopic (exact) mass is 467 g/mol. The van der Waals surface area contributed by atoms with Gasteiger partial charge in [-0.15, -0.1) is 0 Å². The maximum atomic E-state index is 12.1. The van der Waals surface area contributed by atoms with E-state index in [1.165, 1.54) is 12.5 Å². The van der Waals surface area contributed by atoms with Crippen LogP contribution in [-0.2, 0) is 9.84 Å². The maximum absolute atomic E-state index is 12.1. The van der Waals surface area contributed by atoms with Gasteiger partial charge in [-0.1, -0.05) is 0 Å². The first kappa shape index (κ1) is 22.5. The summed E-state index contributed by atoms with van der Waals surface area (Å²) < 4.78 is 30.3. The molecule has 172 valence electrons. The Balaban J connectivity index is 1.86. The third-order valence-electron chi connectivity index (χ3n) is 5.31. The van der Waals surface area contributed by atoms with Crippen LogP contribution in [0.5, 0.6) is 5.75 Å². The number of aryl methyl sites for hydroxylation is 1. The number of anilines is 2. The number of aromatic amines is 1. The largest absolute Gasteiger partial charge is 0.493 e. The van der Waals surface area contributed by atoms with Gasteiger partial charge in [-0.2, -0.15) is 0 Å². The number of H-pyrrole nitrogens is 1. The molecule has 1 atom stereocenters. The first-order chi connectivity index (χ1) is 15.7. The molecule has 0 radical (unpaired) electrons. The molecule has 4 N–H and O–H groups in total. The molecule has 4 aromatic rings. The first-order valence-corrected chi connectivity index (χ1v) is 12.2. The average molecular weight is 468 g/mol. The minimum Gasteiger partial charge on any atom is -0.493 e. The topological polar surface area (TPSA) is 149 Å². The fourth-order valence-electron chi connectivity index (χ4n) is 3.66. The molecule has 0 bridgehead atoms. The van der Waals surface area contributed by atoms with Gasteiger partial charge in [0.2, 0.25) is 0 Å². The lowest BCUT2D eigenvalue weighted by molar-refractivity contribution is 0.337. The van der Waals surface area contributed by atoms with Gasteiger partial charge in [-0.3, -0.25) is 4.98 Å². The lowest BCUT2D eigenvalue weighted by Crippen LogP contribution is -2.13. The summed E-state index contributed by atoms with van der Waals surface area (Å²) in [6.07, 6.45) is 7.07. The van der Waals surface area contributed by atoms with Gasteiger partial charge in [-0.05, 0) is 38.5 Å². The molecule has 10 nitrogen and oxygen atoms in total. The Kier molecular flexibility index (Phi) is 5.90. The van der Waals surface area contributed by atoms with Crippen LogP contribution in [0.4, 0.5) is 11.5 Å². The Hall–Kier alpha value is -3.73. The van der Waals surface area contributed by atoms with Crippen LogP contribution in [-0.4, -0.2) is 46.2 Å². The predicted octanol–water partition coefficient (Wildman–Crippen LogP) is 3.28. The highest BCUT2D eigenvalue weighted by Crippen LogP contribution is 2.43. The maximum Gasteiger partial charge on any atom is 0.177 e. The number of aromatic nitrogens is 5. The fraction of sp³-hybridized carbons (Fsp3) is 0.273. The Morgan fingerprint density at radius 1 is 1.21 bits per heavy atom. The number of sulfone groups is 1. The van der Waals surface area contributed by atoms with Crippen LogP contribution in [0.25, 0.3) is 22.3 Å². The van der Waals surface area contributed by atoms with Gasteiger partial charge in [0.15, 0.2) is 21.3 Å². The van der Waals surface area contributed by atoms with Crippen molar-refractivity contribution in [2.75, 3.05) is 23.9 Å². The molecule has 0 aliphatic rings. The van der Waals surface area contributed by atoms with Crippen LogP contribution in [0.2, 0.25) is 0 Å². The number of rotatable bonds is 7. The lowest BCUT2D eigenvalue weighted by Gasteiger charge is -2.24. The summed E-state index contributed by atoms with van der Waals surface area (Å²) in [5.74, 6) is 1.13. The molecule has 0 aliphatic heterocycles. The number of imidazole rings is 1. The van der Waals surface area contributed by atoms with Crippen LogP contribution < -0.4 is 15.8 Å². The Bertz CT molecular complexity index is 1430. The first-order valence-electron chi connectivity index (χ1n) is 10.3. The summed E-state index contributed by atoms with van der Waals surface area (Å²) in [4.78, 5) is 20.0. The average Bonchev–Trinajstić information content (AvgIpc) is 3.26. The number of nitrogen functional groups attached to an aromatic ring is 1. The highest BCUT2D eigenvalue weighted by Gasteiger charge is 2.23. The van der Waals surface area contributed by atoms with Crippen molar-refractivity contribution in [3.05, 3.63) is 48.3 Å². The summed E-state index contributed by atoms with van der Waals surface area (Å²) in [6, 6.07) is 3.28. The van der Waals surface area contributed by atoms with Gasteiger partial charge in [0.25, 0.3) is 0 Å². The van der Waals surface area contributed by atoms with E-state index in [1.54, 1.807) is 18.6 Å². The lowest BCUT2D eigenvalue weighted by atomic mass is 9.94. The van der Waals surface area contributed by atoms with Gasteiger partial charge in [-0.25, -0.2) is 23.4 Å². The van der Waals surface area contributed by atoms with Crippen LogP contribution in [0.15, 0.2) is 42.1 Å². The van der Waals surface area contributed by atoms with Gasteiger partial charge in [0.1, 0.15) is 17.6 Å². The Morgan fingerprint density at radius 2 is 2.00 bits per heavy atom. The number of pyridine rings is 1. The molecule has 0 saturated heterocycles. The fourth-order valence-corrected chi connectivity index (χ4v) is 4.25. The van der Waals surface area contributed by atoms with Crippen molar-refractivity contribution in [1.82, 2.24) is 24.9 Å². The minimum absolute atomic E-state index is 0.109. The van der Waals surface area contributed by atoms with Gasteiger partial charge >= 0.3 is 0 Å². The molecule has 33 heavy (non-hydrogen) atoms. The van der Waals surface area contributed by atoms with Crippen LogP contribution in [0.1, 0.15) is 31.0 Å². The molecule has 3 heterocycles. The van der Waals surface area contributed by atoms with Gasteiger partial charge in [0, 0.05) is 41.0 Å². The van der Waals surface area contributed by atoms with Crippen LogP contribution in [0, 0.1) is 6.92 Å². The predicted molar refractivity (Wildman–Crippen MR) is 127 cm³/mol. The molecule has 0 spiro atoms. The second-order valence-electron chi connectivity index (χ2n) is 7.70. The van der Waals surface area contributed by atoms with E-state index < -0.39 is 9.84 Å². The number of ether oxygens (including phenoxy) is 1. The molecule has 0 aliphatic carbocycles. The molecule has 1 aromatic carbocycles. The Morgan fingerprint density at radius 3 is 2.73 bits per heavy atom. The smallest absolute Gasteiger partial charge is 0.177 e. The van der Waals surface area contributed by atoms with Crippen molar-refractivity contribution in [2.45, 2.75) is 31.7 Å². The third-order valence-corrected chi connectivity index (χ3v) is 6.39. The van der Waals surface area contributed by atoms with E-state index in [1.807, 2.05) is 26.8 Å². The molecule has 3 aromatic heterocycles. The highest BCUT2D eigenvalue weighted by atomic mass is 32.2. The number of nitrogens with one attached hydrogen (secondary N) is 2. The summed E-state index contributed by atoms with van der Waals surface area (Å²) >= 11 is 0. The van der Waals surface area contributed by atoms with Gasteiger partial charge < -0.3 is 20.8 Å². The zero-order valence-electron chi connectivity index (χ0n) is 18.7. The van der Waals surface area contributed by atoms with Crippen LogP contribution >= 0.6 is 0 Å². The van der Waals surface area contributed by atoms with Crippen molar-refractivity contribution in [1.29, 1.82) is 0 Å². The minimum atomic E-state index is -3.44. The van der Waals surface area contributed by atoms with E-state index in [0.29, 0.717) is 46.2 Å². The molecule has 0 amide bonds. The summed E-state index contributed by atoms with van der Waals surface area (Å²) in [6.45, 7) is 6.15. The van der Waals surface area contributed by atoms with E-state index in [0.717, 1.165) is 17.4 Å². The number of benzene rings is 1. The van der Waals surface area contributed by atoms with Crippen molar-refractivity contribution in [2.24, 2.45) is 0 Å². The SMILES string of the molecule is CCOc1c(C(C)Nc2ncnc3[nH]cnc23)cc(C)c(N)c1-c1cncc(S(C)(=O)=O)c1. The van der Waals surface area contributed by atoms with E-state index in [2.05, 4.69) is 30.2 Å². The van der Waals surface area contributed by atoms with E-state index >= 15 is 0 Å². The third kappa shape index (κ3) is 4.31. The van der Waals surface area contributed by atoms with Crippen molar-refractivity contribution >= 4 is 32.5 Å².